The van der Waals surface area contributed by atoms with E-state index in [0.29, 0.717) is 13.0 Å². The summed E-state index contributed by atoms with van der Waals surface area (Å²) in [5.41, 5.74) is 1.83. The molecule has 1 aromatic carbocycles. The van der Waals surface area contributed by atoms with Crippen LogP contribution in [0.25, 0.3) is 0 Å². The molecule has 0 spiro atoms. The fraction of sp³-hybridized carbons (Fsp3) is 0.267. The highest BCUT2D eigenvalue weighted by atomic mass is 79.9. The van der Waals surface area contributed by atoms with E-state index in [2.05, 4.69) is 21.0 Å². The molecular formula is C15H14BrN3O4. The van der Waals surface area contributed by atoms with Gasteiger partial charge in [-0.2, -0.15) is 9.78 Å². The molecular weight excluding hydrogens is 366 g/mol. The van der Waals surface area contributed by atoms with Crippen LogP contribution in [-0.2, 0) is 13.0 Å². The van der Waals surface area contributed by atoms with Crippen LogP contribution in [0.5, 0.6) is 0 Å². The summed E-state index contributed by atoms with van der Waals surface area (Å²) in [6.45, 7) is 0.0989. The average Bonchev–Trinajstić information content (AvgIpc) is 2.94. The molecule has 0 saturated heterocycles. The van der Waals surface area contributed by atoms with E-state index in [0.717, 1.165) is 15.8 Å². The highest BCUT2D eigenvalue weighted by Gasteiger charge is 2.32. The van der Waals surface area contributed by atoms with Gasteiger partial charge in [-0.1, -0.05) is 24.3 Å². The fourth-order valence-electron chi connectivity index (χ4n) is 2.76. The van der Waals surface area contributed by atoms with E-state index in [4.69, 9.17) is 0 Å². The number of aliphatic hydroxyl groups excluding tert-OH is 1. The third kappa shape index (κ3) is 2.75. The Hall–Kier alpha value is -2.19. The van der Waals surface area contributed by atoms with Crippen molar-refractivity contribution in [2.45, 2.75) is 19.0 Å². The minimum absolute atomic E-state index is 0.203. The number of halogens is 1. The lowest BCUT2D eigenvalue weighted by molar-refractivity contribution is 0.0678. The lowest BCUT2D eigenvalue weighted by Crippen LogP contribution is -2.48. The molecule has 1 unspecified atom stereocenters. The summed E-state index contributed by atoms with van der Waals surface area (Å²) in [4.78, 5) is 25.5. The molecule has 3 rings (SSSR count). The zero-order valence-electron chi connectivity index (χ0n) is 12.0. The maximum atomic E-state index is 12.7. The maximum absolute atomic E-state index is 12.7. The number of aromatic nitrogens is 2. The Morgan fingerprint density at radius 1 is 1.30 bits per heavy atom. The van der Waals surface area contributed by atoms with Gasteiger partial charge in [0.2, 0.25) is 0 Å². The number of carboxylic acids is 1. The van der Waals surface area contributed by atoms with Gasteiger partial charge >= 0.3 is 12.0 Å². The zero-order valence-corrected chi connectivity index (χ0v) is 13.6. The van der Waals surface area contributed by atoms with E-state index in [1.165, 1.54) is 11.1 Å². The molecule has 1 aliphatic rings. The molecule has 2 aromatic rings. The van der Waals surface area contributed by atoms with Crippen molar-refractivity contribution in [2.24, 2.45) is 0 Å². The van der Waals surface area contributed by atoms with Gasteiger partial charge in [0.15, 0.2) is 5.69 Å². The van der Waals surface area contributed by atoms with Crippen molar-refractivity contribution in [3.8, 4) is 0 Å². The van der Waals surface area contributed by atoms with Crippen LogP contribution >= 0.6 is 15.9 Å². The van der Waals surface area contributed by atoms with Crippen molar-refractivity contribution in [3.05, 3.63) is 51.8 Å². The number of carbonyl (C=O) groups excluding carboxylic acids is 1. The molecule has 0 saturated carbocycles. The first kappa shape index (κ1) is 15.7. The highest BCUT2D eigenvalue weighted by molar-refractivity contribution is 9.10. The predicted molar refractivity (Wildman–Crippen MR) is 84.2 cm³/mol. The summed E-state index contributed by atoms with van der Waals surface area (Å²) in [5.74, 6) is -1.25. The molecule has 0 bridgehead atoms. The van der Waals surface area contributed by atoms with Crippen molar-refractivity contribution < 1.29 is 19.8 Å². The Morgan fingerprint density at radius 3 is 2.65 bits per heavy atom. The molecule has 0 aliphatic carbocycles. The molecule has 1 aromatic heterocycles. The first-order chi connectivity index (χ1) is 11.0. The molecule has 1 amide bonds. The Kier molecular flexibility index (Phi) is 4.18. The molecule has 7 nitrogen and oxygen atoms in total. The van der Waals surface area contributed by atoms with Crippen LogP contribution in [0.15, 0.2) is 34.9 Å². The standard InChI is InChI=1S/C15H14BrN3O4/c16-12-6-17-19(13(12)14(21)22)15(23)18-7-10-4-2-1-3-9(10)5-11(18)8-20/h1-4,6,11,20H,5,7-8H2,(H,21,22). The highest BCUT2D eigenvalue weighted by Crippen LogP contribution is 2.25. The first-order valence-corrected chi connectivity index (χ1v) is 7.77. The lowest BCUT2D eigenvalue weighted by atomic mass is 9.94. The van der Waals surface area contributed by atoms with Gasteiger partial charge in [-0.15, -0.1) is 0 Å². The molecule has 2 N–H and O–H groups in total. The largest absolute Gasteiger partial charge is 0.476 e. The third-order valence-electron chi connectivity index (χ3n) is 3.92. The van der Waals surface area contributed by atoms with E-state index >= 15 is 0 Å². The van der Waals surface area contributed by atoms with E-state index in [1.807, 2.05) is 24.3 Å². The quantitative estimate of drug-likeness (QED) is 0.828. The Morgan fingerprint density at radius 2 is 2.00 bits per heavy atom. The average molecular weight is 380 g/mol. The van der Waals surface area contributed by atoms with Crippen molar-refractivity contribution in [2.75, 3.05) is 6.61 Å². The predicted octanol–water partition coefficient (Wildman–Crippen LogP) is 1.73. The number of carboxylic acid groups (broad SMARTS) is 1. The van der Waals surface area contributed by atoms with Crippen LogP contribution in [0.2, 0.25) is 0 Å². The molecule has 23 heavy (non-hydrogen) atoms. The Bertz CT molecular complexity index is 774. The van der Waals surface area contributed by atoms with Gasteiger partial charge in [-0.25, -0.2) is 9.59 Å². The van der Waals surface area contributed by atoms with Crippen LogP contribution in [0, 0.1) is 0 Å². The monoisotopic (exact) mass is 379 g/mol. The molecule has 120 valence electrons. The van der Waals surface area contributed by atoms with Crippen LogP contribution < -0.4 is 0 Å². The third-order valence-corrected chi connectivity index (χ3v) is 4.50. The minimum atomic E-state index is -1.25. The number of hydrogen-bond donors (Lipinski definition) is 2. The van der Waals surface area contributed by atoms with Gasteiger partial charge < -0.3 is 15.1 Å². The van der Waals surface area contributed by atoms with Crippen molar-refractivity contribution in [1.29, 1.82) is 0 Å². The van der Waals surface area contributed by atoms with E-state index in [9.17, 15) is 19.8 Å². The first-order valence-electron chi connectivity index (χ1n) is 6.98. The Labute approximate surface area is 140 Å². The second-order valence-corrected chi connectivity index (χ2v) is 6.13. The SMILES string of the molecule is O=C(O)c1c(Br)cnn1C(=O)N1Cc2ccccc2CC1CO. The summed E-state index contributed by atoms with van der Waals surface area (Å²) in [6, 6.07) is 6.70. The molecule has 0 fully saturated rings. The van der Waals surface area contributed by atoms with Gasteiger partial charge in [0.25, 0.3) is 0 Å². The molecule has 0 radical (unpaired) electrons. The topological polar surface area (TPSA) is 95.7 Å². The van der Waals surface area contributed by atoms with Crippen LogP contribution in [0.1, 0.15) is 21.6 Å². The number of nitrogens with zero attached hydrogens (tertiary/aromatic N) is 3. The zero-order chi connectivity index (χ0) is 16.6. The van der Waals surface area contributed by atoms with Crippen LogP contribution in [-0.4, -0.2) is 49.5 Å². The number of aliphatic hydroxyl groups is 1. The number of benzene rings is 1. The second kappa shape index (κ2) is 6.13. The fourth-order valence-corrected chi connectivity index (χ4v) is 3.19. The van der Waals surface area contributed by atoms with Gasteiger partial charge in [0.05, 0.1) is 23.3 Å². The van der Waals surface area contributed by atoms with Gasteiger partial charge in [0.1, 0.15) is 0 Å². The summed E-state index contributed by atoms with van der Waals surface area (Å²) in [5, 5.41) is 22.7. The molecule has 8 heteroatoms. The number of aromatic carboxylic acids is 1. The van der Waals surface area contributed by atoms with E-state index in [1.54, 1.807) is 0 Å². The van der Waals surface area contributed by atoms with Crippen LogP contribution in [0.3, 0.4) is 0 Å². The summed E-state index contributed by atoms with van der Waals surface area (Å²) in [6.07, 6.45) is 1.79. The van der Waals surface area contributed by atoms with Crippen molar-refractivity contribution in [3.63, 3.8) is 0 Å². The number of hydrogen-bond acceptors (Lipinski definition) is 4. The van der Waals surface area contributed by atoms with Crippen molar-refractivity contribution in [1.82, 2.24) is 14.7 Å². The minimum Gasteiger partial charge on any atom is -0.476 e. The summed E-state index contributed by atoms with van der Waals surface area (Å²) >= 11 is 3.08. The molecule has 1 aliphatic heterocycles. The normalized spacial score (nSPS) is 17.0. The number of carbonyl (C=O) groups is 2. The number of rotatable bonds is 2. The van der Waals surface area contributed by atoms with Gasteiger partial charge in [-0.3, -0.25) is 0 Å². The van der Waals surface area contributed by atoms with Crippen molar-refractivity contribution >= 4 is 27.9 Å². The number of fused-ring (bicyclic) bond motifs is 1. The van der Waals surface area contributed by atoms with E-state index in [-0.39, 0.29) is 16.8 Å². The second-order valence-electron chi connectivity index (χ2n) is 5.28. The summed E-state index contributed by atoms with van der Waals surface area (Å²) in [7, 11) is 0. The molecule has 2 heterocycles. The van der Waals surface area contributed by atoms with Gasteiger partial charge in [0, 0.05) is 6.54 Å². The Balaban J connectivity index is 1.97. The number of amides is 1. The smallest absolute Gasteiger partial charge is 0.356 e. The summed E-state index contributed by atoms with van der Waals surface area (Å²) < 4.78 is 1.08. The molecule has 1 atom stereocenters. The van der Waals surface area contributed by atoms with Crippen LogP contribution in [0.4, 0.5) is 4.79 Å². The van der Waals surface area contributed by atoms with Gasteiger partial charge in [-0.05, 0) is 33.5 Å². The van der Waals surface area contributed by atoms with E-state index < -0.39 is 18.0 Å². The lowest BCUT2D eigenvalue weighted by Gasteiger charge is -2.35. The maximum Gasteiger partial charge on any atom is 0.356 e.